The topological polar surface area (TPSA) is 45.8 Å². The van der Waals surface area contributed by atoms with E-state index in [1.807, 2.05) is 0 Å². The van der Waals surface area contributed by atoms with Crippen molar-refractivity contribution in [2.45, 2.75) is 0 Å². The SMILES string of the molecule is O=c1cc(-c2ccc(F)cc2)nc[nH]1. The molecule has 0 amide bonds. The molecule has 1 heterocycles. The van der Waals surface area contributed by atoms with Crippen LogP contribution in [0, 0.1) is 5.82 Å². The smallest absolute Gasteiger partial charge is 0.251 e. The Balaban J connectivity index is 2.50. The Morgan fingerprint density at radius 1 is 1.21 bits per heavy atom. The summed E-state index contributed by atoms with van der Waals surface area (Å²) < 4.78 is 12.6. The fourth-order valence-corrected chi connectivity index (χ4v) is 1.15. The zero-order valence-corrected chi connectivity index (χ0v) is 7.20. The van der Waals surface area contributed by atoms with Crippen LogP contribution in [-0.4, -0.2) is 9.97 Å². The van der Waals surface area contributed by atoms with Crippen LogP contribution in [-0.2, 0) is 0 Å². The van der Waals surface area contributed by atoms with Crippen molar-refractivity contribution in [1.29, 1.82) is 0 Å². The molecule has 0 saturated heterocycles. The largest absolute Gasteiger partial charge is 0.313 e. The molecular weight excluding hydrogens is 183 g/mol. The molecule has 0 bridgehead atoms. The standard InChI is InChI=1S/C10H7FN2O/c11-8-3-1-7(2-4-8)9-5-10(14)13-6-12-9/h1-6H,(H,12,13,14). The van der Waals surface area contributed by atoms with E-state index in [0.717, 1.165) is 5.56 Å². The molecule has 0 aliphatic rings. The lowest BCUT2D eigenvalue weighted by Gasteiger charge is -1.98. The molecule has 4 heteroatoms. The Morgan fingerprint density at radius 2 is 1.93 bits per heavy atom. The minimum Gasteiger partial charge on any atom is -0.313 e. The van der Waals surface area contributed by atoms with Gasteiger partial charge in [0.15, 0.2) is 0 Å². The molecule has 2 rings (SSSR count). The second-order valence-corrected chi connectivity index (χ2v) is 2.80. The maximum absolute atomic E-state index is 12.6. The van der Waals surface area contributed by atoms with Crippen molar-refractivity contribution in [1.82, 2.24) is 9.97 Å². The minimum absolute atomic E-state index is 0.223. The highest BCUT2D eigenvalue weighted by atomic mass is 19.1. The fraction of sp³-hybridized carbons (Fsp3) is 0. The number of rotatable bonds is 1. The molecule has 1 N–H and O–H groups in total. The lowest BCUT2D eigenvalue weighted by Crippen LogP contribution is -2.04. The maximum atomic E-state index is 12.6. The first-order valence-electron chi connectivity index (χ1n) is 4.06. The van der Waals surface area contributed by atoms with Gasteiger partial charge in [-0.05, 0) is 24.3 Å². The predicted molar refractivity (Wildman–Crippen MR) is 50.3 cm³/mol. The lowest BCUT2D eigenvalue weighted by molar-refractivity contribution is 0.628. The molecule has 70 valence electrons. The van der Waals surface area contributed by atoms with Crippen LogP contribution in [0.15, 0.2) is 41.5 Å². The second-order valence-electron chi connectivity index (χ2n) is 2.80. The second kappa shape index (κ2) is 3.41. The zero-order chi connectivity index (χ0) is 9.97. The fourth-order valence-electron chi connectivity index (χ4n) is 1.15. The predicted octanol–water partition coefficient (Wildman–Crippen LogP) is 1.58. The van der Waals surface area contributed by atoms with Crippen LogP contribution in [0.1, 0.15) is 0 Å². The summed E-state index contributed by atoms with van der Waals surface area (Å²) in [5.41, 5.74) is 1.03. The highest BCUT2D eigenvalue weighted by Gasteiger charge is 1.99. The van der Waals surface area contributed by atoms with Crippen molar-refractivity contribution in [2.24, 2.45) is 0 Å². The molecule has 0 saturated carbocycles. The Bertz CT molecular complexity index is 490. The van der Waals surface area contributed by atoms with E-state index < -0.39 is 0 Å². The molecule has 0 atom stereocenters. The zero-order valence-electron chi connectivity index (χ0n) is 7.20. The van der Waals surface area contributed by atoms with Gasteiger partial charge in [-0.3, -0.25) is 4.79 Å². The van der Waals surface area contributed by atoms with Gasteiger partial charge in [-0.25, -0.2) is 9.37 Å². The number of halogens is 1. The molecule has 0 aliphatic carbocycles. The molecule has 2 aromatic rings. The van der Waals surface area contributed by atoms with Gasteiger partial charge in [-0.15, -0.1) is 0 Å². The normalized spacial score (nSPS) is 10.1. The van der Waals surface area contributed by atoms with Crippen LogP contribution in [0.3, 0.4) is 0 Å². The number of hydrogen-bond donors (Lipinski definition) is 1. The summed E-state index contributed by atoms with van der Waals surface area (Å²) in [4.78, 5) is 17.3. The van der Waals surface area contributed by atoms with Crippen LogP contribution < -0.4 is 5.56 Å². The summed E-state index contributed by atoms with van der Waals surface area (Å²) in [6.07, 6.45) is 1.32. The first-order valence-corrected chi connectivity index (χ1v) is 4.06. The molecule has 1 aromatic carbocycles. The Hall–Kier alpha value is -1.97. The average molecular weight is 190 g/mol. The highest BCUT2D eigenvalue weighted by Crippen LogP contribution is 2.14. The van der Waals surface area contributed by atoms with E-state index in [4.69, 9.17) is 0 Å². The third kappa shape index (κ3) is 1.69. The number of benzene rings is 1. The third-order valence-corrected chi connectivity index (χ3v) is 1.82. The van der Waals surface area contributed by atoms with Crippen LogP contribution in [0.2, 0.25) is 0 Å². The van der Waals surface area contributed by atoms with Gasteiger partial charge in [-0.2, -0.15) is 0 Å². The van der Waals surface area contributed by atoms with Crippen LogP contribution in [0.5, 0.6) is 0 Å². The van der Waals surface area contributed by atoms with Crippen molar-refractivity contribution in [3.8, 4) is 11.3 Å². The summed E-state index contributed by atoms with van der Waals surface area (Å²) in [5, 5.41) is 0. The van der Waals surface area contributed by atoms with Gasteiger partial charge < -0.3 is 4.98 Å². The van der Waals surface area contributed by atoms with Crippen molar-refractivity contribution in [3.05, 3.63) is 52.8 Å². The molecule has 0 spiro atoms. The van der Waals surface area contributed by atoms with Crippen molar-refractivity contribution in [3.63, 3.8) is 0 Å². The van der Waals surface area contributed by atoms with Gasteiger partial charge in [0.2, 0.25) is 0 Å². The summed E-state index contributed by atoms with van der Waals surface area (Å²) in [6, 6.07) is 7.19. The van der Waals surface area contributed by atoms with Gasteiger partial charge in [0.25, 0.3) is 5.56 Å². The van der Waals surface area contributed by atoms with E-state index >= 15 is 0 Å². The van der Waals surface area contributed by atoms with Gasteiger partial charge in [0.05, 0.1) is 12.0 Å². The summed E-state index contributed by atoms with van der Waals surface area (Å²) in [6.45, 7) is 0. The lowest BCUT2D eigenvalue weighted by atomic mass is 10.1. The van der Waals surface area contributed by atoms with Crippen molar-refractivity contribution < 1.29 is 4.39 Å². The third-order valence-electron chi connectivity index (χ3n) is 1.82. The molecule has 0 aliphatic heterocycles. The van der Waals surface area contributed by atoms with E-state index in [0.29, 0.717) is 5.69 Å². The van der Waals surface area contributed by atoms with E-state index in [-0.39, 0.29) is 11.4 Å². The summed E-state index contributed by atoms with van der Waals surface area (Å²) in [7, 11) is 0. The molecule has 0 radical (unpaired) electrons. The molecule has 0 unspecified atom stereocenters. The highest BCUT2D eigenvalue weighted by molar-refractivity contribution is 5.57. The number of nitrogens with one attached hydrogen (secondary N) is 1. The molecule has 3 nitrogen and oxygen atoms in total. The van der Waals surface area contributed by atoms with Crippen molar-refractivity contribution in [2.75, 3.05) is 0 Å². The van der Waals surface area contributed by atoms with Gasteiger partial charge in [-0.1, -0.05) is 0 Å². The van der Waals surface area contributed by atoms with Crippen LogP contribution in [0.4, 0.5) is 4.39 Å². The van der Waals surface area contributed by atoms with Gasteiger partial charge in [0.1, 0.15) is 5.82 Å². The van der Waals surface area contributed by atoms with Gasteiger partial charge >= 0.3 is 0 Å². The monoisotopic (exact) mass is 190 g/mol. The minimum atomic E-state index is -0.307. The molecule has 0 fully saturated rings. The van der Waals surface area contributed by atoms with Crippen LogP contribution >= 0.6 is 0 Å². The maximum Gasteiger partial charge on any atom is 0.251 e. The first kappa shape index (κ1) is 8.62. The number of nitrogens with zero attached hydrogens (tertiary/aromatic N) is 1. The number of hydrogen-bond acceptors (Lipinski definition) is 2. The Kier molecular flexibility index (Phi) is 2.10. The quantitative estimate of drug-likeness (QED) is 0.741. The van der Waals surface area contributed by atoms with Crippen molar-refractivity contribution >= 4 is 0 Å². The Labute approximate surface area is 79.3 Å². The van der Waals surface area contributed by atoms with Gasteiger partial charge in [0, 0.05) is 11.6 Å². The van der Waals surface area contributed by atoms with E-state index in [1.165, 1.54) is 24.5 Å². The summed E-state index contributed by atoms with van der Waals surface area (Å²) >= 11 is 0. The van der Waals surface area contributed by atoms with E-state index in [2.05, 4.69) is 9.97 Å². The number of aromatic amines is 1. The van der Waals surface area contributed by atoms with E-state index in [9.17, 15) is 9.18 Å². The summed E-state index contributed by atoms with van der Waals surface area (Å²) in [5.74, 6) is -0.307. The number of H-pyrrole nitrogens is 1. The first-order chi connectivity index (χ1) is 6.75. The van der Waals surface area contributed by atoms with E-state index in [1.54, 1.807) is 12.1 Å². The Morgan fingerprint density at radius 3 is 2.57 bits per heavy atom. The number of aromatic nitrogens is 2. The van der Waals surface area contributed by atoms with Crippen LogP contribution in [0.25, 0.3) is 11.3 Å². The molecule has 1 aromatic heterocycles. The average Bonchev–Trinajstić information content (AvgIpc) is 2.19. The molecule has 14 heavy (non-hydrogen) atoms. The molecular formula is C10H7FN2O.